The number of carboxylic acid groups (broad SMARTS) is 1. The molecule has 1 heterocycles. The molecular weight excluding hydrogens is 252 g/mol. The number of thioether (sulfide) groups is 1. The Morgan fingerprint density at radius 1 is 1.50 bits per heavy atom. The van der Waals surface area contributed by atoms with E-state index < -0.39 is 11.9 Å². The Labute approximate surface area is 112 Å². The van der Waals surface area contributed by atoms with Gasteiger partial charge in [0.05, 0.1) is 5.92 Å². The number of hydrogen-bond acceptors (Lipinski definition) is 3. The van der Waals surface area contributed by atoms with Crippen molar-refractivity contribution in [2.24, 2.45) is 11.8 Å². The van der Waals surface area contributed by atoms with Gasteiger partial charge in [0.25, 0.3) is 0 Å². The van der Waals surface area contributed by atoms with E-state index in [0.29, 0.717) is 31.3 Å². The number of rotatable bonds is 4. The van der Waals surface area contributed by atoms with Gasteiger partial charge >= 0.3 is 12.0 Å². The molecule has 0 aromatic carbocycles. The van der Waals surface area contributed by atoms with Crippen LogP contribution in [0.2, 0.25) is 0 Å². The first kappa shape index (κ1) is 15.1. The van der Waals surface area contributed by atoms with Crippen LogP contribution < -0.4 is 5.32 Å². The van der Waals surface area contributed by atoms with Crippen molar-refractivity contribution in [1.29, 1.82) is 0 Å². The molecular formula is C12H22N2O3S. The molecule has 0 saturated carbocycles. The van der Waals surface area contributed by atoms with E-state index in [9.17, 15) is 9.59 Å². The Morgan fingerprint density at radius 3 is 2.72 bits per heavy atom. The third-order valence-electron chi connectivity index (χ3n) is 3.24. The molecule has 0 aromatic rings. The second-order valence-corrected chi connectivity index (χ2v) is 6.29. The van der Waals surface area contributed by atoms with Crippen LogP contribution in [0.4, 0.5) is 4.79 Å². The number of carbonyl (C=O) groups excluding carboxylic acids is 1. The Bertz CT molecular complexity index is 312. The van der Waals surface area contributed by atoms with Gasteiger partial charge in [-0.3, -0.25) is 4.79 Å². The summed E-state index contributed by atoms with van der Waals surface area (Å²) in [5.41, 5.74) is 0. The molecule has 104 valence electrons. The first-order valence-corrected chi connectivity index (χ1v) is 7.51. The number of carboxylic acids is 1. The number of carbonyl (C=O) groups is 2. The Kier molecular flexibility index (Phi) is 5.78. The zero-order valence-corrected chi connectivity index (χ0v) is 12.0. The first-order chi connectivity index (χ1) is 8.43. The molecule has 2 amide bonds. The maximum absolute atomic E-state index is 11.9. The highest BCUT2D eigenvalue weighted by Gasteiger charge is 2.31. The topological polar surface area (TPSA) is 69.6 Å². The van der Waals surface area contributed by atoms with Crippen molar-refractivity contribution in [3.05, 3.63) is 0 Å². The highest BCUT2D eigenvalue weighted by molar-refractivity contribution is 7.99. The molecule has 1 fully saturated rings. The predicted molar refractivity (Wildman–Crippen MR) is 72.9 cm³/mol. The number of aliphatic carboxylic acids is 1. The van der Waals surface area contributed by atoms with E-state index in [-0.39, 0.29) is 11.9 Å². The van der Waals surface area contributed by atoms with Crippen LogP contribution in [0.15, 0.2) is 0 Å². The number of nitrogens with one attached hydrogen (secondary N) is 1. The van der Waals surface area contributed by atoms with E-state index in [2.05, 4.69) is 5.32 Å². The van der Waals surface area contributed by atoms with Crippen LogP contribution in [-0.4, -0.2) is 53.1 Å². The summed E-state index contributed by atoms with van der Waals surface area (Å²) in [4.78, 5) is 24.6. The minimum absolute atomic E-state index is 0.145. The first-order valence-electron chi connectivity index (χ1n) is 6.22. The SMILES string of the molecule is CSC(C)CNC(=O)N1CC(C)CC(C(=O)O)C1. The van der Waals surface area contributed by atoms with Gasteiger partial charge in [-0.1, -0.05) is 13.8 Å². The number of urea groups is 1. The van der Waals surface area contributed by atoms with Crippen LogP contribution >= 0.6 is 11.8 Å². The van der Waals surface area contributed by atoms with Crippen LogP contribution in [0.1, 0.15) is 20.3 Å². The van der Waals surface area contributed by atoms with Gasteiger partial charge in [0.2, 0.25) is 0 Å². The Balaban J connectivity index is 2.49. The average Bonchev–Trinajstić information content (AvgIpc) is 2.34. The van der Waals surface area contributed by atoms with Crippen LogP contribution in [0.5, 0.6) is 0 Å². The number of likely N-dealkylation sites (tertiary alicyclic amines) is 1. The van der Waals surface area contributed by atoms with E-state index in [1.807, 2.05) is 20.1 Å². The quantitative estimate of drug-likeness (QED) is 0.815. The van der Waals surface area contributed by atoms with Crippen molar-refractivity contribution < 1.29 is 14.7 Å². The van der Waals surface area contributed by atoms with Crippen LogP contribution in [0, 0.1) is 11.8 Å². The van der Waals surface area contributed by atoms with E-state index in [1.54, 1.807) is 16.7 Å². The maximum atomic E-state index is 11.9. The number of nitrogens with zero attached hydrogens (tertiary/aromatic N) is 1. The van der Waals surface area contributed by atoms with Crippen molar-refractivity contribution >= 4 is 23.8 Å². The lowest BCUT2D eigenvalue weighted by Crippen LogP contribution is -2.50. The van der Waals surface area contributed by atoms with Crippen LogP contribution in [0.25, 0.3) is 0 Å². The van der Waals surface area contributed by atoms with E-state index in [1.165, 1.54) is 0 Å². The third-order valence-corrected chi connectivity index (χ3v) is 4.21. The molecule has 1 saturated heterocycles. The molecule has 5 nitrogen and oxygen atoms in total. The fourth-order valence-corrected chi connectivity index (χ4v) is 2.37. The second kappa shape index (κ2) is 6.87. The lowest BCUT2D eigenvalue weighted by atomic mass is 9.91. The highest BCUT2D eigenvalue weighted by Crippen LogP contribution is 2.21. The minimum Gasteiger partial charge on any atom is -0.481 e. The number of piperidine rings is 1. The smallest absolute Gasteiger partial charge is 0.317 e. The van der Waals surface area contributed by atoms with Crippen molar-refractivity contribution in [3.8, 4) is 0 Å². The lowest BCUT2D eigenvalue weighted by molar-refractivity contribution is -0.143. The summed E-state index contributed by atoms with van der Waals surface area (Å²) in [6, 6.07) is -0.145. The third kappa shape index (κ3) is 4.40. The largest absolute Gasteiger partial charge is 0.481 e. The van der Waals surface area contributed by atoms with E-state index in [4.69, 9.17) is 5.11 Å². The van der Waals surface area contributed by atoms with Crippen molar-refractivity contribution in [3.63, 3.8) is 0 Å². The fraction of sp³-hybridized carbons (Fsp3) is 0.833. The van der Waals surface area contributed by atoms with Gasteiger partial charge < -0.3 is 15.3 Å². The zero-order valence-electron chi connectivity index (χ0n) is 11.2. The molecule has 1 aliphatic heterocycles. The minimum atomic E-state index is -0.808. The molecule has 1 rings (SSSR count). The molecule has 1 aliphatic rings. The normalized spacial score (nSPS) is 25.6. The molecule has 0 spiro atoms. The summed E-state index contributed by atoms with van der Waals surface area (Å²) >= 11 is 1.69. The average molecular weight is 274 g/mol. The molecule has 0 radical (unpaired) electrons. The predicted octanol–water partition coefficient (Wildman–Crippen LogP) is 1.49. The van der Waals surface area contributed by atoms with E-state index in [0.717, 1.165) is 0 Å². The highest BCUT2D eigenvalue weighted by atomic mass is 32.2. The summed E-state index contributed by atoms with van der Waals surface area (Å²) < 4.78 is 0. The van der Waals surface area contributed by atoms with Crippen molar-refractivity contribution in [2.75, 3.05) is 25.9 Å². The van der Waals surface area contributed by atoms with Gasteiger partial charge in [-0.05, 0) is 18.6 Å². The van der Waals surface area contributed by atoms with Crippen molar-refractivity contribution in [2.45, 2.75) is 25.5 Å². The van der Waals surface area contributed by atoms with Crippen LogP contribution in [0.3, 0.4) is 0 Å². The van der Waals surface area contributed by atoms with Gasteiger partial charge in [0.15, 0.2) is 0 Å². The zero-order chi connectivity index (χ0) is 13.7. The van der Waals surface area contributed by atoms with Gasteiger partial charge in [-0.2, -0.15) is 11.8 Å². The number of amides is 2. The molecule has 18 heavy (non-hydrogen) atoms. The maximum Gasteiger partial charge on any atom is 0.317 e. The molecule has 3 unspecified atom stereocenters. The monoisotopic (exact) mass is 274 g/mol. The standard InChI is InChI=1S/C12H22N2O3S/c1-8-4-10(11(15)16)7-14(6-8)12(17)13-5-9(2)18-3/h8-10H,4-7H2,1-3H3,(H,13,17)(H,15,16). The summed E-state index contributed by atoms with van der Waals surface area (Å²) in [6.45, 7) is 5.61. The molecule has 0 bridgehead atoms. The fourth-order valence-electron chi connectivity index (χ4n) is 2.12. The molecule has 0 aromatic heterocycles. The Hall–Kier alpha value is -0.910. The molecule has 0 aliphatic carbocycles. The summed E-state index contributed by atoms with van der Waals surface area (Å²) in [5, 5.41) is 12.3. The second-order valence-electron chi connectivity index (χ2n) is 5.01. The Morgan fingerprint density at radius 2 is 2.17 bits per heavy atom. The van der Waals surface area contributed by atoms with Gasteiger partial charge in [0.1, 0.15) is 0 Å². The van der Waals surface area contributed by atoms with Crippen molar-refractivity contribution in [1.82, 2.24) is 10.2 Å². The number of hydrogen-bond donors (Lipinski definition) is 2. The van der Waals surface area contributed by atoms with Crippen LogP contribution in [-0.2, 0) is 4.79 Å². The summed E-state index contributed by atoms with van der Waals surface area (Å²) in [6.07, 6.45) is 2.65. The summed E-state index contributed by atoms with van der Waals surface area (Å²) in [5.74, 6) is -1.00. The van der Waals surface area contributed by atoms with Gasteiger partial charge in [0, 0.05) is 24.9 Å². The lowest BCUT2D eigenvalue weighted by Gasteiger charge is -2.34. The summed E-state index contributed by atoms with van der Waals surface area (Å²) in [7, 11) is 0. The molecule has 2 N–H and O–H groups in total. The van der Waals surface area contributed by atoms with E-state index >= 15 is 0 Å². The molecule has 6 heteroatoms. The van der Waals surface area contributed by atoms with Gasteiger partial charge in [-0.15, -0.1) is 0 Å². The molecule has 3 atom stereocenters. The van der Waals surface area contributed by atoms with Gasteiger partial charge in [-0.25, -0.2) is 4.79 Å².